The Balaban J connectivity index is 2.32. The van der Waals surface area contributed by atoms with Crippen molar-refractivity contribution < 1.29 is 13.6 Å². The van der Waals surface area contributed by atoms with Crippen molar-refractivity contribution in [2.24, 2.45) is 0 Å². The van der Waals surface area contributed by atoms with Gasteiger partial charge in [-0.05, 0) is 24.3 Å². The number of hydrogen-bond donors (Lipinski definition) is 0. The highest BCUT2D eigenvalue weighted by atomic mass is 19.1. The second-order valence-corrected chi connectivity index (χ2v) is 3.07. The molecule has 0 aliphatic rings. The summed E-state index contributed by atoms with van der Waals surface area (Å²) < 4.78 is 25.0. The summed E-state index contributed by atoms with van der Waals surface area (Å²) in [6.07, 6.45) is 2.25. The SMILES string of the molecule is O=C(c1ccc(F)nc1)c1ccc(F)nc1. The van der Waals surface area contributed by atoms with Gasteiger partial charge in [0.25, 0.3) is 0 Å². The van der Waals surface area contributed by atoms with Gasteiger partial charge < -0.3 is 0 Å². The number of nitrogens with zero attached hydrogens (tertiary/aromatic N) is 2. The van der Waals surface area contributed by atoms with Crippen LogP contribution in [0.15, 0.2) is 36.7 Å². The van der Waals surface area contributed by atoms with Crippen molar-refractivity contribution in [3.8, 4) is 0 Å². The van der Waals surface area contributed by atoms with Crippen LogP contribution in [0.1, 0.15) is 15.9 Å². The Morgan fingerprint density at radius 1 is 0.875 bits per heavy atom. The van der Waals surface area contributed by atoms with Crippen molar-refractivity contribution in [2.45, 2.75) is 0 Å². The van der Waals surface area contributed by atoms with E-state index in [1.165, 1.54) is 12.1 Å². The Labute approximate surface area is 89.8 Å². The molecule has 0 aliphatic heterocycles. The second-order valence-electron chi connectivity index (χ2n) is 3.07. The first-order valence-corrected chi connectivity index (χ1v) is 4.44. The van der Waals surface area contributed by atoms with Gasteiger partial charge in [-0.2, -0.15) is 8.78 Å². The molecular weight excluding hydrogens is 214 g/mol. The van der Waals surface area contributed by atoms with E-state index < -0.39 is 11.9 Å². The van der Waals surface area contributed by atoms with E-state index in [4.69, 9.17) is 0 Å². The summed E-state index contributed by atoms with van der Waals surface area (Å²) in [5.41, 5.74) is 0.463. The van der Waals surface area contributed by atoms with Gasteiger partial charge in [0.15, 0.2) is 5.78 Å². The van der Waals surface area contributed by atoms with Crippen LogP contribution in [0.4, 0.5) is 8.78 Å². The van der Waals surface area contributed by atoms with E-state index in [0.29, 0.717) is 0 Å². The molecule has 0 atom stereocenters. The van der Waals surface area contributed by atoms with Crippen LogP contribution in [0.5, 0.6) is 0 Å². The number of ketones is 1. The maximum Gasteiger partial charge on any atom is 0.212 e. The van der Waals surface area contributed by atoms with Crippen LogP contribution in [-0.4, -0.2) is 15.8 Å². The van der Waals surface area contributed by atoms with Crippen LogP contribution in [0, 0.1) is 11.9 Å². The molecule has 0 aliphatic carbocycles. The first-order chi connectivity index (χ1) is 7.66. The molecule has 0 radical (unpaired) electrons. The number of carbonyl (C=O) groups is 1. The van der Waals surface area contributed by atoms with Crippen LogP contribution in [0.25, 0.3) is 0 Å². The van der Waals surface area contributed by atoms with Crippen molar-refractivity contribution in [3.05, 3.63) is 59.7 Å². The zero-order valence-corrected chi connectivity index (χ0v) is 8.02. The molecule has 0 aromatic carbocycles. The quantitative estimate of drug-likeness (QED) is 0.574. The fourth-order valence-electron chi connectivity index (χ4n) is 1.19. The van der Waals surface area contributed by atoms with Crippen molar-refractivity contribution in [3.63, 3.8) is 0 Å². The van der Waals surface area contributed by atoms with Crippen LogP contribution in [0.3, 0.4) is 0 Å². The standard InChI is InChI=1S/C11H6F2N2O/c12-9-3-1-7(5-14-9)11(16)8-2-4-10(13)15-6-8/h1-6H. The molecule has 16 heavy (non-hydrogen) atoms. The predicted octanol–water partition coefficient (Wildman–Crippen LogP) is 1.99. The molecule has 0 N–H and O–H groups in total. The highest BCUT2D eigenvalue weighted by Gasteiger charge is 2.09. The molecule has 5 heteroatoms. The zero-order chi connectivity index (χ0) is 11.5. The Kier molecular flexibility index (Phi) is 2.68. The number of halogens is 2. The average molecular weight is 220 g/mol. The van der Waals surface area contributed by atoms with Gasteiger partial charge in [0.1, 0.15) is 0 Å². The number of hydrogen-bond acceptors (Lipinski definition) is 3. The van der Waals surface area contributed by atoms with Gasteiger partial charge in [0.2, 0.25) is 11.9 Å². The molecule has 0 fully saturated rings. The molecule has 2 heterocycles. The van der Waals surface area contributed by atoms with E-state index in [1.807, 2.05) is 0 Å². The first kappa shape index (κ1) is 10.4. The summed E-state index contributed by atoms with van der Waals surface area (Å²) >= 11 is 0. The molecular formula is C11H6F2N2O. The van der Waals surface area contributed by atoms with Crippen molar-refractivity contribution in [2.75, 3.05) is 0 Å². The molecule has 80 valence electrons. The summed E-state index contributed by atoms with van der Waals surface area (Å²) in [5.74, 6) is -1.69. The number of aromatic nitrogens is 2. The number of carbonyl (C=O) groups excluding carboxylic acids is 1. The Morgan fingerprint density at radius 3 is 1.62 bits per heavy atom. The third-order valence-electron chi connectivity index (χ3n) is 1.98. The van der Waals surface area contributed by atoms with Gasteiger partial charge in [-0.15, -0.1) is 0 Å². The molecule has 0 unspecified atom stereocenters. The Morgan fingerprint density at radius 2 is 1.31 bits per heavy atom. The van der Waals surface area contributed by atoms with E-state index in [1.54, 1.807) is 0 Å². The number of rotatable bonds is 2. The first-order valence-electron chi connectivity index (χ1n) is 4.44. The van der Waals surface area contributed by atoms with Crippen LogP contribution >= 0.6 is 0 Å². The molecule has 2 aromatic heterocycles. The van der Waals surface area contributed by atoms with Crippen LogP contribution in [0.2, 0.25) is 0 Å². The molecule has 0 spiro atoms. The molecule has 0 bridgehead atoms. The Bertz CT molecular complexity index is 461. The maximum atomic E-state index is 12.5. The van der Waals surface area contributed by atoms with Gasteiger partial charge in [0, 0.05) is 23.5 Å². The minimum absolute atomic E-state index is 0.231. The minimum Gasteiger partial charge on any atom is -0.288 e. The van der Waals surface area contributed by atoms with Crippen molar-refractivity contribution in [1.82, 2.24) is 9.97 Å². The molecule has 0 amide bonds. The molecule has 0 saturated heterocycles. The summed E-state index contributed by atoms with van der Waals surface area (Å²) in [5, 5.41) is 0. The largest absolute Gasteiger partial charge is 0.288 e. The summed E-state index contributed by atoms with van der Waals surface area (Å²) in [4.78, 5) is 18.5. The number of pyridine rings is 2. The van der Waals surface area contributed by atoms with E-state index >= 15 is 0 Å². The molecule has 3 nitrogen and oxygen atoms in total. The van der Waals surface area contributed by atoms with E-state index in [-0.39, 0.29) is 16.9 Å². The molecule has 2 rings (SSSR count). The normalized spacial score (nSPS) is 10.1. The van der Waals surface area contributed by atoms with Gasteiger partial charge in [-0.3, -0.25) is 4.79 Å². The lowest BCUT2D eigenvalue weighted by molar-refractivity contribution is 0.103. The lowest BCUT2D eigenvalue weighted by Gasteiger charge is -1.99. The highest BCUT2D eigenvalue weighted by Crippen LogP contribution is 2.08. The summed E-state index contributed by atoms with van der Waals surface area (Å²) in [6.45, 7) is 0. The Hall–Kier alpha value is -2.17. The van der Waals surface area contributed by atoms with Crippen LogP contribution in [-0.2, 0) is 0 Å². The minimum atomic E-state index is -0.659. The molecule has 0 saturated carbocycles. The van der Waals surface area contributed by atoms with Crippen LogP contribution < -0.4 is 0 Å². The van der Waals surface area contributed by atoms with Gasteiger partial charge in [-0.1, -0.05) is 0 Å². The summed E-state index contributed by atoms with van der Waals surface area (Å²) in [7, 11) is 0. The van der Waals surface area contributed by atoms with E-state index in [0.717, 1.165) is 24.5 Å². The highest BCUT2D eigenvalue weighted by molar-refractivity contribution is 6.08. The average Bonchev–Trinajstić information content (AvgIpc) is 2.30. The van der Waals surface area contributed by atoms with Gasteiger partial charge in [0.05, 0.1) is 0 Å². The van der Waals surface area contributed by atoms with Crippen molar-refractivity contribution >= 4 is 5.78 Å². The van der Waals surface area contributed by atoms with E-state index in [9.17, 15) is 13.6 Å². The summed E-state index contributed by atoms with van der Waals surface area (Å²) in [6, 6.07) is 4.80. The van der Waals surface area contributed by atoms with Gasteiger partial charge >= 0.3 is 0 Å². The second kappa shape index (κ2) is 4.14. The molecule has 2 aromatic rings. The lowest BCUT2D eigenvalue weighted by Crippen LogP contribution is -2.03. The topological polar surface area (TPSA) is 42.9 Å². The third kappa shape index (κ3) is 2.08. The zero-order valence-electron chi connectivity index (χ0n) is 8.02. The fraction of sp³-hybridized carbons (Fsp3) is 0. The van der Waals surface area contributed by atoms with Crippen molar-refractivity contribution in [1.29, 1.82) is 0 Å². The van der Waals surface area contributed by atoms with E-state index in [2.05, 4.69) is 9.97 Å². The van der Waals surface area contributed by atoms with Gasteiger partial charge in [-0.25, -0.2) is 9.97 Å². The predicted molar refractivity (Wildman–Crippen MR) is 51.8 cm³/mol. The third-order valence-corrected chi connectivity index (χ3v) is 1.98. The monoisotopic (exact) mass is 220 g/mol. The lowest BCUT2D eigenvalue weighted by atomic mass is 10.1. The smallest absolute Gasteiger partial charge is 0.212 e. The maximum absolute atomic E-state index is 12.5. The fourth-order valence-corrected chi connectivity index (χ4v) is 1.19.